The van der Waals surface area contributed by atoms with Crippen LogP contribution in [-0.2, 0) is 0 Å². The molecule has 0 saturated heterocycles. The third kappa shape index (κ3) is 3.67. The molecule has 0 radical (unpaired) electrons. The fourth-order valence-corrected chi connectivity index (χ4v) is 1.04. The summed E-state index contributed by atoms with van der Waals surface area (Å²) in [5.41, 5.74) is 1.43. The van der Waals surface area contributed by atoms with Crippen molar-refractivity contribution in [1.29, 1.82) is 0 Å². The van der Waals surface area contributed by atoms with Gasteiger partial charge in [-0.25, -0.2) is 0 Å². The Balaban J connectivity index is 2.50. The van der Waals surface area contributed by atoms with Gasteiger partial charge in [-0.05, 0) is 25.0 Å². The minimum absolute atomic E-state index is 0.0758. The van der Waals surface area contributed by atoms with Crippen LogP contribution in [0.15, 0.2) is 18.3 Å². The first kappa shape index (κ1) is 11.7. The molecule has 0 saturated carbocycles. The number of rotatable bonds is 4. The van der Waals surface area contributed by atoms with Crippen molar-refractivity contribution in [1.82, 2.24) is 10.3 Å². The van der Waals surface area contributed by atoms with Gasteiger partial charge in [0.1, 0.15) is 0 Å². The maximum Gasteiger partial charge on any atom is 0.252 e. The molecule has 0 aliphatic carbocycles. The van der Waals surface area contributed by atoms with E-state index < -0.39 is 0 Å². The fourth-order valence-electron chi connectivity index (χ4n) is 1.04. The summed E-state index contributed by atoms with van der Waals surface area (Å²) in [6.07, 6.45) is 1.55. The van der Waals surface area contributed by atoms with E-state index in [-0.39, 0.29) is 18.4 Å². The molecule has 15 heavy (non-hydrogen) atoms. The number of carbonyl (C=O) groups is 1. The van der Waals surface area contributed by atoms with E-state index in [0.717, 1.165) is 5.69 Å². The third-order valence-corrected chi connectivity index (χ3v) is 2.10. The molecule has 4 heteroatoms. The summed E-state index contributed by atoms with van der Waals surface area (Å²) in [6.45, 7) is 4.29. The van der Waals surface area contributed by atoms with Gasteiger partial charge >= 0.3 is 0 Å². The summed E-state index contributed by atoms with van der Waals surface area (Å²) in [5, 5.41) is 11.5. The first-order valence-corrected chi connectivity index (χ1v) is 4.95. The Morgan fingerprint density at radius 1 is 1.60 bits per heavy atom. The van der Waals surface area contributed by atoms with Gasteiger partial charge < -0.3 is 10.4 Å². The van der Waals surface area contributed by atoms with E-state index in [9.17, 15) is 4.79 Å². The first-order valence-electron chi connectivity index (χ1n) is 4.95. The number of nitrogens with one attached hydrogen (secondary N) is 1. The molecule has 4 nitrogen and oxygen atoms in total. The summed E-state index contributed by atoms with van der Waals surface area (Å²) in [6, 6.07) is 3.53. The number of carbonyl (C=O) groups excluding carboxylic acids is 1. The van der Waals surface area contributed by atoms with Gasteiger partial charge in [-0.3, -0.25) is 9.78 Å². The van der Waals surface area contributed by atoms with Gasteiger partial charge in [-0.2, -0.15) is 0 Å². The lowest BCUT2D eigenvalue weighted by molar-refractivity contribution is 0.0942. The van der Waals surface area contributed by atoms with Crippen molar-refractivity contribution in [2.24, 2.45) is 5.92 Å². The SMILES string of the molecule is Cc1ccc(C(=O)NCC(C)CO)cn1. The number of aromatic nitrogens is 1. The lowest BCUT2D eigenvalue weighted by Crippen LogP contribution is -2.29. The molecule has 0 aromatic carbocycles. The molecule has 1 unspecified atom stereocenters. The molecule has 0 aliphatic heterocycles. The zero-order valence-electron chi connectivity index (χ0n) is 9.03. The molecule has 1 aromatic heterocycles. The lowest BCUT2D eigenvalue weighted by Gasteiger charge is -2.09. The van der Waals surface area contributed by atoms with Gasteiger partial charge in [-0.1, -0.05) is 6.92 Å². The zero-order valence-corrected chi connectivity index (χ0v) is 9.03. The van der Waals surface area contributed by atoms with Crippen LogP contribution in [0.25, 0.3) is 0 Å². The van der Waals surface area contributed by atoms with Gasteiger partial charge in [0.25, 0.3) is 5.91 Å². The largest absolute Gasteiger partial charge is 0.396 e. The highest BCUT2D eigenvalue weighted by molar-refractivity contribution is 5.93. The summed E-state index contributed by atoms with van der Waals surface area (Å²) in [5.74, 6) is -0.0739. The highest BCUT2D eigenvalue weighted by Gasteiger charge is 2.06. The average molecular weight is 208 g/mol. The quantitative estimate of drug-likeness (QED) is 0.767. The molecular formula is C11H16N2O2. The van der Waals surface area contributed by atoms with Crippen molar-refractivity contribution in [2.75, 3.05) is 13.2 Å². The normalized spacial score (nSPS) is 12.2. The van der Waals surface area contributed by atoms with E-state index >= 15 is 0 Å². The number of amides is 1. The van der Waals surface area contributed by atoms with Crippen LogP contribution in [0, 0.1) is 12.8 Å². The molecule has 1 atom stereocenters. The smallest absolute Gasteiger partial charge is 0.252 e. The molecule has 0 spiro atoms. The number of pyridine rings is 1. The lowest BCUT2D eigenvalue weighted by atomic mass is 10.2. The first-order chi connectivity index (χ1) is 7.13. The Bertz CT molecular complexity index is 322. The number of nitrogens with zero attached hydrogens (tertiary/aromatic N) is 1. The molecule has 1 amide bonds. The van der Waals surface area contributed by atoms with Crippen LogP contribution in [0.4, 0.5) is 0 Å². The number of aryl methyl sites for hydroxylation is 1. The standard InChI is InChI=1S/C11H16N2O2/c1-8(7-14)5-13-11(15)10-4-3-9(2)12-6-10/h3-4,6,8,14H,5,7H2,1-2H3,(H,13,15). The van der Waals surface area contributed by atoms with E-state index in [1.54, 1.807) is 18.3 Å². The van der Waals surface area contributed by atoms with Gasteiger partial charge in [0.2, 0.25) is 0 Å². The molecule has 2 N–H and O–H groups in total. The second-order valence-corrected chi connectivity index (χ2v) is 3.69. The van der Waals surface area contributed by atoms with Gasteiger partial charge in [0.15, 0.2) is 0 Å². The molecule has 0 fully saturated rings. The number of aliphatic hydroxyl groups is 1. The summed E-state index contributed by atoms with van der Waals surface area (Å²) in [7, 11) is 0. The van der Waals surface area contributed by atoms with Crippen LogP contribution >= 0.6 is 0 Å². The Hall–Kier alpha value is -1.42. The summed E-state index contributed by atoms with van der Waals surface area (Å²) in [4.78, 5) is 15.6. The maximum absolute atomic E-state index is 11.5. The minimum atomic E-state index is -0.150. The molecule has 0 aliphatic rings. The fraction of sp³-hybridized carbons (Fsp3) is 0.455. The van der Waals surface area contributed by atoms with Gasteiger partial charge in [-0.15, -0.1) is 0 Å². The molecule has 0 bridgehead atoms. The van der Waals surface area contributed by atoms with Crippen molar-refractivity contribution in [2.45, 2.75) is 13.8 Å². The number of hydrogen-bond acceptors (Lipinski definition) is 3. The Labute approximate surface area is 89.3 Å². The van der Waals surface area contributed by atoms with E-state index in [1.165, 1.54) is 0 Å². The second-order valence-electron chi connectivity index (χ2n) is 3.69. The molecule has 82 valence electrons. The topological polar surface area (TPSA) is 62.2 Å². The van der Waals surface area contributed by atoms with Crippen LogP contribution in [0.5, 0.6) is 0 Å². The maximum atomic E-state index is 11.5. The van der Waals surface area contributed by atoms with Crippen LogP contribution in [-0.4, -0.2) is 29.1 Å². The van der Waals surface area contributed by atoms with Gasteiger partial charge in [0, 0.05) is 25.0 Å². The number of hydrogen-bond donors (Lipinski definition) is 2. The van der Waals surface area contributed by atoms with Crippen LogP contribution in [0.2, 0.25) is 0 Å². The van der Waals surface area contributed by atoms with Crippen molar-refractivity contribution in [3.63, 3.8) is 0 Å². The van der Waals surface area contributed by atoms with Crippen molar-refractivity contribution in [3.8, 4) is 0 Å². The zero-order chi connectivity index (χ0) is 11.3. The monoisotopic (exact) mass is 208 g/mol. The molecule has 1 heterocycles. The van der Waals surface area contributed by atoms with Crippen molar-refractivity contribution >= 4 is 5.91 Å². The van der Waals surface area contributed by atoms with Crippen LogP contribution < -0.4 is 5.32 Å². The Kier molecular flexibility index (Phi) is 4.24. The third-order valence-electron chi connectivity index (χ3n) is 2.10. The Morgan fingerprint density at radius 2 is 2.33 bits per heavy atom. The predicted octanol–water partition coefficient (Wildman–Crippen LogP) is 0.748. The summed E-state index contributed by atoms with van der Waals surface area (Å²) >= 11 is 0. The predicted molar refractivity (Wildman–Crippen MR) is 57.6 cm³/mol. The molecule has 1 rings (SSSR count). The highest BCUT2D eigenvalue weighted by atomic mass is 16.3. The number of aliphatic hydroxyl groups excluding tert-OH is 1. The second kappa shape index (κ2) is 5.46. The van der Waals surface area contributed by atoms with Crippen molar-refractivity contribution < 1.29 is 9.90 Å². The minimum Gasteiger partial charge on any atom is -0.396 e. The molecule has 1 aromatic rings. The van der Waals surface area contributed by atoms with E-state index in [0.29, 0.717) is 12.1 Å². The van der Waals surface area contributed by atoms with Crippen molar-refractivity contribution in [3.05, 3.63) is 29.6 Å². The van der Waals surface area contributed by atoms with Crippen LogP contribution in [0.1, 0.15) is 23.0 Å². The van der Waals surface area contributed by atoms with E-state index in [2.05, 4.69) is 10.3 Å². The van der Waals surface area contributed by atoms with Gasteiger partial charge in [0.05, 0.1) is 5.56 Å². The van der Waals surface area contributed by atoms with Crippen LogP contribution in [0.3, 0.4) is 0 Å². The Morgan fingerprint density at radius 3 is 2.87 bits per heavy atom. The average Bonchev–Trinajstić information content (AvgIpc) is 2.26. The highest BCUT2D eigenvalue weighted by Crippen LogP contribution is 1.99. The van der Waals surface area contributed by atoms with E-state index in [1.807, 2.05) is 13.8 Å². The van der Waals surface area contributed by atoms with E-state index in [4.69, 9.17) is 5.11 Å². The molecular weight excluding hydrogens is 192 g/mol. The summed E-state index contributed by atoms with van der Waals surface area (Å²) < 4.78 is 0.